The van der Waals surface area contributed by atoms with Crippen LogP contribution in [0.15, 0.2) is 12.1 Å². The fraction of sp³-hybridized carbons (Fsp3) is 0.647. The molecule has 0 aromatic heterocycles. The molecule has 106 valence electrons. The Kier molecular flexibility index (Phi) is 4.64. The standard InChI is InChI=1S/C17H28N2/c1-12-9-13(2)17(14(3)10-12)15(4)19-8-6-7-16(19)11-18-5/h9-10,15-16,18H,6-8,11H2,1-5H3. The maximum Gasteiger partial charge on any atom is 0.0328 e. The van der Waals surface area contributed by atoms with Gasteiger partial charge in [-0.2, -0.15) is 0 Å². The van der Waals surface area contributed by atoms with Gasteiger partial charge in [0.05, 0.1) is 0 Å². The number of hydrogen-bond donors (Lipinski definition) is 1. The van der Waals surface area contributed by atoms with Gasteiger partial charge in [-0.25, -0.2) is 0 Å². The highest BCUT2D eigenvalue weighted by molar-refractivity contribution is 5.39. The van der Waals surface area contributed by atoms with Gasteiger partial charge < -0.3 is 5.32 Å². The van der Waals surface area contributed by atoms with Crippen molar-refractivity contribution in [3.8, 4) is 0 Å². The first-order valence-electron chi connectivity index (χ1n) is 7.52. The van der Waals surface area contributed by atoms with Crippen LogP contribution in [0.2, 0.25) is 0 Å². The molecular weight excluding hydrogens is 232 g/mol. The number of likely N-dealkylation sites (N-methyl/N-ethyl adjacent to an activating group) is 1. The zero-order chi connectivity index (χ0) is 14.0. The van der Waals surface area contributed by atoms with Gasteiger partial charge in [0, 0.05) is 18.6 Å². The van der Waals surface area contributed by atoms with E-state index >= 15 is 0 Å². The highest BCUT2D eigenvalue weighted by Crippen LogP contribution is 2.32. The van der Waals surface area contributed by atoms with Crippen molar-refractivity contribution >= 4 is 0 Å². The van der Waals surface area contributed by atoms with Crippen molar-refractivity contribution in [2.45, 2.75) is 52.6 Å². The summed E-state index contributed by atoms with van der Waals surface area (Å²) in [6.45, 7) is 11.4. The van der Waals surface area contributed by atoms with Crippen LogP contribution in [0.3, 0.4) is 0 Å². The van der Waals surface area contributed by atoms with Crippen molar-refractivity contribution in [1.29, 1.82) is 0 Å². The minimum Gasteiger partial charge on any atom is -0.318 e. The van der Waals surface area contributed by atoms with E-state index in [1.54, 1.807) is 0 Å². The molecule has 1 heterocycles. The monoisotopic (exact) mass is 260 g/mol. The topological polar surface area (TPSA) is 15.3 Å². The lowest BCUT2D eigenvalue weighted by atomic mass is 9.93. The van der Waals surface area contributed by atoms with Crippen molar-refractivity contribution in [2.75, 3.05) is 20.1 Å². The van der Waals surface area contributed by atoms with E-state index in [9.17, 15) is 0 Å². The number of nitrogens with zero attached hydrogens (tertiary/aromatic N) is 1. The van der Waals surface area contributed by atoms with Gasteiger partial charge in [0.2, 0.25) is 0 Å². The Morgan fingerprint density at radius 3 is 2.47 bits per heavy atom. The molecule has 2 atom stereocenters. The van der Waals surface area contributed by atoms with Crippen molar-refractivity contribution in [2.24, 2.45) is 0 Å². The maximum atomic E-state index is 3.34. The van der Waals surface area contributed by atoms with Crippen LogP contribution in [0.4, 0.5) is 0 Å². The quantitative estimate of drug-likeness (QED) is 0.893. The summed E-state index contributed by atoms with van der Waals surface area (Å²) in [5.41, 5.74) is 5.80. The van der Waals surface area contributed by atoms with Gasteiger partial charge in [0.1, 0.15) is 0 Å². The van der Waals surface area contributed by atoms with Gasteiger partial charge >= 0.3 is 0 Å². The largest absolute Gasteiger partial charge is 0.318 e. The van der Waals surface area contributed by atoms with E-state index in [4.69, 9.17) is 0 Å². The van der Waals surface area contributed by atoms with Crippen LogP contribution in [0.5, 0.6) is 0 Å². The van der Waals surface area contributed by atoms with Gasteiger partial charge in [-0.1, -0.05) is 17.7 Å². The molecule has 1 aliphatic heterocycles. The molecule has 1 aromatic rings. The third kappa shape index (κ3) is 3.01. The highest BCUT2D eigenvalue weighted by Gasteiger charge is 2.29. The molecule has 1 fully saturated rings. The Labute approximate surface area is 118 Å². The van der Waals surface area contributed by atoms with E-state index in [1.807, 2.05) is 0 Å². The van der Waals surface area contributed by atoms with Crippen LogP contribution in [0.25, 0.3) is 0 Å². The second-order valence-corrected chi connectivity index (χ2v) is 6.08. The second kappa shape index (κ2) is 6.06. The lowest BCUT2D eigenvalue weighted by Gasteiger charge is -2.33. The van der Waals surface area contributed by atoms with Crippen molar-refractivity contribution in [3.05, 3.63) is 34.4 Å². The van der Waals surface area contributed by atoms with Gasteiger partial charge in [0.25, 0.3) is 0 Å². The summed E-state index contributed by atoms with van der Waals surface area (Å²) < 4.78 is 0. The summed E-state index contributed by atoms with van der Waals surface area (Å²) in [4.78, 5) is 2.68. The maximum absolute atomic E-state index is 3.34. The molecule has 0 aliphatic carbocycles. The molecule has 0 spiro atoms. The van der Waals surface area contributed by atoms with Crippen molar-refractivity contribution in [3.63, 3.8) is 0 Å². The van der Waals surface area contributed by atoms with Crippen molar-refractivity contribution in [1.82, 2.24) is 10.2 Å². The Hall–Kier alpha value is -0.860. The number of likely N-dealkylation sites (tertiary alicyclic amines) is 1. The molecule has 1 saturated heterocycles. The number of aryl methyl sites for hydroxylation is 3. The second-order valence-electron chi connectivity index (χ2n) is 6.08. The van der Waals surface area contributed by atoms with Gasteiger partial charge in [-0.05, 0) is 70.8 Å². The van der Waals surface area contributed by atoms with E-state index in [-0.39, 0.29) is 0 Å². The zero-order valence-electron chi connectivity index (χ0n) is 13.1. The lowest BCUT2D eigenvalue weighted by Crippen LogP contribution is -2.38. The van der Waals surface area contributed by atoms with Gasteiger partial charge in [0.15, 0.2) is 0 Å². The third-order valence-electron chi connectivity index (χ3n) is 4.52. The fourth-order valence-corrected chi connectivity index (χ4v) is 3.84. The zero-order valence-corrected chi connectivity index (χ0v) is 13.1. The molecule has 1 N–H and O–H groups in total. The first-order chi connectivity index (χ1) is 9.04. The molecule has 0 radical (unpaired) electrons. The van der Waals surface area contributed by atoms with E-state index in [1.165, 1.54) is 41.6 Å². The molecular formula is C17H28N2. The average Bonchev–Trinajstić information content (AvgIpc) is 2.76. The predicted molar refractivity (Wildman–Crippen MR) is 82.7 cm³/mol. The Bertz CT molecular complexity index is 416. The number of nitrogens with one attached hydrogen (secondary N) is 1. The summed E-state index contributed by atoms with van der Waals surface area (Å²) in [6.07, 6.45) is 2.66. The van der Waals surface area contributed by atoms with Crippen LogP contribution >= 0.6 is 0 Å². The molecule has 0 amide bonds. The summed E-state index contributed by atoms with van der Waals surface area (Å²) in [6, 6.07) is 5.87. The van der Waals surface area contributed by atoms with Crippen LogP contribution in [0, 0.1) is 20.8 Å². The summed E-state index contributed by atoms with van der Waals surface area (Å²) >= 11 is 0. The molecule has 2 nitrogen and oxygen atoms in total. The molecule has 1 aliphatic rings. The normalized spacial score (nSPS) is 21.8. The fourth-order valence-electron chi connectivity index (χ4n) is 3.84. The molecule has 0 saturated carbocycles. The van der Waals surface area contributed by atoms with E-state index in [0.717, 1.165) is 6.54 Å². The lowest BCUT2D eigenvalue weighted by molar-refractivity contribution is 0.190. The van der Waals surface area contributed by atoms with Crippen LogP contribution in [-0.2, 0) is 0 Å². The Morgan fingerprint density at radius 1 is 1.26 bits per heavy atom. The molecule has 1 aromatic carbocycles. The summed E-state index contributed by atoms with van der Waals surface area (Å²) in [5, 5.41) is 3.34. The first kappa shape index (κ1) is 14.5. The van der Waals surface area contributed by atoms with Crippen LogP contribution in [-0.4, -0.2) is 31.1 Å². The summed E-state index contributed by atoms with van der Waals surface area (Å²) in [5.74, 6) is 0. The molecule has 2 unspecified atom stereocenters. The van der Waals surface area contributed by atoms with Crippen LogP contribution in [0.1, 0.15) is 48.1 Å². The summed E-state index contributed by atoms with van der Waals surface area (Å²) in [7, 11) is 2.06. The van der Waals surface area contributed by atoms with Crippen LogP contribution < -0.4 is 5.32 Å². The molecule has 19 heavy (non-hydrogen) atoms. The molecule has 2 heteroatoms. The number of rotatable bonds is 4. The van der Waals surface area contributed by atoms with E-state index < -0.39 is 0 Å². The van der Waals surface area contributed by atoms with Gasteiger partial charge in [-0.3, -0.25) is 4.90 Å². The molecule has 0 bridgehead atoms. The minimum absolute atomic E-state index is 0.529. The number of benzene rings is 1. The predicted octanol–water partition coefficient (Wildman–Crippen LogP) is 3.36. The third-order valence-corrected chi connectivity index (χ3v) is 4.52. The molecule has 2 rings (SSSR count). The number of hydrogen-bond acceptors (Lipinski definition) is 2. The van der Waals surface area contributed by atoms with Crippen molar-refractivity contribution < 1.29 is 0 Å². The minimum atomic E-state index is 0.529. The average molecular weight is 260 g/mol. The first-order valence-corrected chi connectivity index (χ1v) is 7.52. The SMILES string of the molecule is CNCC1CCCN1C(C)c1c(C)cc(C)cc1C. The Morgan fingerprint density at radius 2 is 1.89 bits per heavy atom. The smallest absolute Gasteiger partial charge is 0.0328 e. The Balaban J connectivity index is 2.26. The van der Waals surface area contributed by atoms with E-state index in [2.05, 4.69) is 57.1 Å². The van der Waals surface area contributed by atoms with E-state index in [0.29, 0.717) is 12.1 Å². The van der Waals surface area contributed by atoms with Gasteiger partial charge in [-0.15, -0.1) is 0 Å². The highest BCUT2D eigenvalue weighted by atomic mass is 15.2.